The number of hydrogen-bond acceptors (Lipinski definition) is 3. The second-order valence-electron chi connectivity index (χ2n) is 5.16. The summed E-state index contributed by atoms with van der Waals surface area (Å²) in [6, 6.07) is 12.5. The second-order valence-corrected chi connectivity index (χ2v) is 6.53. The van der Waals surface area contributed by atoms with Gasteiger partial charge < -0.3 is 15.4 Å². The zero-order valence-corrected chi connectivity index (χ0v) is 14.9. The van der Waals surface area contributed by atoms with Crippen molar-refractivity contribution in [2.75, 3.05) is 20.2 Å². The average molecular weight is 331 g/mol. The van der Waals surface area contributed by atoms with Crippen LogP contribution in [0.2, 0.25) is 0 Å². The van der Waals surface area contributed by atoms with E-state index >= 15 is 0 Å². The van der Waals surface area contributed by atoms with Crippen LogP contribution < -0.4 is 15.4 Å². The van der Waals surface area contributed by atoms with Gasteiger partial charge in [0.1, 0.15) is 5.75 Å². The highest BCUT2D eigenvalue weighted by Crippen LogP contribution is 2.18. The largest absolute Gasteiger partial charge is 0.494 e. The first-order valence-electron chi connectivity index (χ1n) is 7.93. The molecular weight excluding hydrogens is 306 g/mol. The molecule has 0 atom stereocenters. The quantitative estimate of drug-likeness (QED) is 0.604. The van der Waals surface area contributed by atoms with Crippen molar-refractivity contribution in [1.29, 1.82) is 0 Å². The summed E-state index contributed by atoms with van der Waals surface area (Å²) < 4.78 is 5.66. The van der Waals surface area contributed by atoms with Crippen molar-refractivity contribution in [3.05, 3.63) is 51.7 Å². The SMILES string of the molecule is CCOc1ccccc1CCNC(=NC)NCc1ccc(C)s1. The predicted molar refractivity (Wildman–Crippen MR) is 98.6 cm³/mol. The van der Waals surface area contributed by atoms with Crippen LogP contribution in [0.15, 0.2) is 41.4 Å². The van der Waals surface area contributed by atoms with Gasteiger partial charge in [-0.25, -0.2) is 0 Å². The fourth-order valence-electron chi connectivity index (χ4n) is 2.29. The predicted octanol–water partition coefficient (Wildman–Crippen LogP) is 3.36. The maximum atomic E-state index is 5.66. The summed E-state index contributed by atoms with van der Waals surface area (Å²) in [7, 11) is 1.79. The van der Waals surface area contributed by atoms with Crippen molar-refractivity contribution >= 4 is 17.3 Å². The van der Waals surface area contributed by atoms with Crippen molar-refractivity contribution in [1.82, 2.24) is 10.6 Å². The van der Waals surface area contributed by atoms with Gasteiger partial charge in [0, 0.05) is 23.3 Å². The van der Waals surface area contributed by atoms with E-state index in [1.165, 1.54) is 15.3 Å². The third-order valence-electron chi connectivity index (χ3n) is 3.41. The van der Waals surface area contributed by atoms with Crippen LogP contribution >= 0.6 is 11.3 Å². The summed E-state index contributed by atoms with van der Waals surface area (Å²) >= 11 is 1.81. The Balaban J connectivity index is 1.80. The van der Waals surface area contributed by atoms with E-state index in [2.05, 4.69) is 40.7 Å². The van der Waals surface area contributed by atoms with E-state index in [1.54, 1.807) is 18.4 Å². The van der Waals surface area contributed by atoms with Crippen LogP contribution in [0.4, 0.5) is 0 Å². The molecule has 2 N–H and O–H groups in total. The molecule has 0 aliphatic rings. The molecule has 0 spiro atoms. The van der Waals surface area contributed by atoms with E-state index in [-0.39, 0.29) is 0 Å². The molecule has 2 rings (SSSR count). The number of aliphatic imine (C=N–C) groups is 1. The lowest BCUT2D eigenvalue weighted by Gasteiger charge is -2.13. The highest BCUT2D eigenvalue weighted by molar-refractivity contribution is 7.11. The van der Waals surface area contributed by atoms with Gasteiger partial charge in [-0.2, -0.15) is 0 Å². The number of aryl methyl sites for hydroxylation is 1. The Morgan fingerprint density at radius 1 is 1.17 bits per heavy atom. The molecule has 124 valence electrons. The number of rotatable bonds is 7. The Bertz CT molecular complexity index is 637. The Kier molecular flexibility index (Phi) is 6.94. The smallest absolute Gasteiger partial charge is 0.191 e. The van der Waals surface area contributed by atoms with Crippen LogP contribution in [-0.2, 0) is 13.0 Å². The summed E-state index contributed by atoms with van der Waals surface area (Å²) in [6.07, 6.45) is 0.898. The molecule has 0 aliphatic carbocycles. The maximum Gasteiger partial charge on any atom is 0.191 e. The third-order valence-corrected chi connectivity index (χ3v) is 4.41. The van der Waals surface area contributed by atoms with Crippen molar-refractivity contribution in [3.63, 3.8) is 0 Å². The number of ether oxygens (including phenoxy) is 1. The minimum absolute atomic E-state index is 0.688. The Morgan fingerprint density at radius 3 is 2.70 bits per heavy atom. The highest BCUT2D eigenvalue weighted by atomic mass is 32.1. The van der Waals surface area contributed by atoms with E-state index in [4.69, 9.17) is 4.74 Å². The molecule has 1 heterocycles. The fourth-order valence-corrected chi connectivity index (χ4v) is 3.12. The maximum absolute atomic E-state index is 5.66. The minimum atomic E-state index is 0.688. The molecule has 0 radical (unpaired) electrons. The first-order valence-corrected chi connectivity index (χ1v) is 8.75. The second kappa shape index (κ2) is 9.20. The molecule has 0 saturated carbocycles. The van der Waals surface area contributed by atoms with E-state index in [0.717, 1.165) is 31.2 Å². The van der Waals surface area contributed by atoms with Gasteiger partial charge in [-0.1, -0.05) is 18.2 Å². The number of nitrogens with zero attached hydrogens (tertiary/aromatic N) is 1. The summed E-state index contributed by atoms with van der Waals surface area (Å²) in [5, 5.41) is 6.70. The van der Waals surface area contributed by atoms with E-state index < -0.39 is 0 Å². The Morgan fingerprint density at radius 2 is 2.00 bits per heavy atom. The first kappa shape index (κ1) is 17.3. The zero-order chi connectivity index (χ0) is 16.5. The molecule has 0 bridgehead atoms. The van der Waals surface area contributed by atoms with E-state index in [9.17, 15) is 0 Å². The lowest BCUT2D eigenvalue weighted by atomic mass is 10.1. The Labute approximate surface area is 142 Å². The van der Waals surface area contributed by atoms with Crippen LogP contribution in [0.3, 0.4) is 0 Å². The average Bonchev–Trinajstić information content (AvgIpc) is 2.98. The van der Waals surface area contributed by atoms with Crippen LogP contribution in [0.1, 0.15) is 22.2 Å². The molecule has 2 aromatic rings. The fraction of sp³-hybridized carbons (Fsp3) is 0.389. The monoisotopic (exact) mass is 331 g/mol. The van der Waals surface area contributed by atoms with E-state index in [1.807, 2.05) is 25.1 Å². The van der Waals surface area contributed by atoms with Gasteiger partial charge in [-0.05, 0) is 44.0 Å². The number of benzene rings is 1. The lowest BCUT2D eigenvalue weighted by molar-refractivity contribution is 0.336. The van der Waals surface area contributed by atoms with Crippen LogP contribution in [0, 0.1) is 6.92 Å². The number of thiophene rings is 1. The standard InChI is InChI=1S/C18H25N3OS/c1-4-22-17-8-6-5-7-15(17)11-12-20-18(19-3)21-13-16-10-9-14(2)23-16/h5-10H,4,11-13H2,1-3H3,(H2,19,20,21). The van der Waals surface area contributed by atoms with Gasteiger partial charge in [0.25, 0.3) is 0 Å². The van der Waals surface area contributed by atoms with Crippen molar-refractivity contribution in [2.24, 2.45) is 4.99 Å². The van der Waals surface area contributed by atoms with Crippen molar-refractivity contribution in [2.45, 2.75) is 26.8 Å². The number of nitrogens with one attached hydrogen (secondary N) is 2. The number of para-hydroxylation sites is 1. The molecule has 0 fully saturated rings. The molecular formula is C18H25N3OS. The topological polar surface area (TPSA) is 45.6 Å². The molecule has 23 heavy (non-hydrogen) atoms. The van der Waals surface area contributed by atoms with Gasteiger partial charge in [0.05, 0.1) is 13.2 Å². The number of guanidine groups is 1. The zero-order valence-electron chi connectivity index (χ0n) is 14.1. The van der Waals surface area contributed by atoms with Crippen LogP contribution in [-0.4, -0.2) is 26.2 Å². The molecule has 0 aliphatic heterocycles. The lowest BCUT2D eigenvalue weighted by Crippen LogP contribution is -2.37. The minimum Gasteiger partial charge on any atom is -0.494 e. The Hall–Kier alpha value is -2.01. The van der Waals surface area contributed by atoms with Gasteiger partial charge in [-0.3, -0.25) is 4.99 Å². The summed E-state index contributed by atoms with van der Waals surface area (Å²) in [5.74, 6) is 1.79. The molecule has 1 aromatic carbocycles. The molecule has 1 aromatic heterocycles. The van der Waals surface area contributed by atoms with Crippen molar-refractivity contribution < 1.29 is 4.74 Å². The molecule has 5 heteroatoms. The van der Waals surface area contributed by atoms with Gasteiger partial charge in [0.15, 0.2) is 5.96 Å². The van der Waals surface area contributed by atoms with Crippen LogP contribution in [0.5, 0.6) is 5.75 Å². The molecule has 0 saturated heterocycles. The number of hydrogen-bond donors (Lipinski definition) is 2. The third kappa shape index (κ3) is 5.60. The summed E-state index contributed by atoms with van der Waals surface area (Å²) in [6.45, 7) is 6.43. The summed E-state index contributed by atoms with van der Waals surface area (Å²) in [4.78, 5) is 6.91. The first-order chi connectivity index (χ1) is 11.2. The van der Waals surface area contributed by atoms with E-state index in [0.29, 0.717) is 6.61 Å². The van der Waals surface area contributed by atoms with Gasteiger partial charge >= 0.3 is 0 Å². The van der Waals surface area contributed by atoms with Crippen molar-refractivity contribution in [3.8, 4) is 5.75 Å². The van der Waals surface area contributed by atoms with Gasteiger partial charge in [-0.15, -0.1) is 11.3 Å². The van der Waals surface area contributed by atoms with Gasteiger partial charge in [0.2, 0.25) is 0 Å². The molecule has 0 amide bonds. The molecule has 0 unspecified atom stereocenters. The normalized spacial score (nSPS) is 11.3. The summed E-state index contributed by atoms with van der Waals surface area (Å²) in [5.41, 5.74) is 1.21. The highest BCUT2D eigenvalue weighted by Gasteiger charge is 2.04. The molecule has 4 nitrogen and oxygen atoms in total. The van der Waals surface area contributed by atoms with Crippen LogP contribution in [0.25, 0.3) is 0 Å².